The van der Waals surface area contributed by atoms with Gasteiger partial charge in [-0.2, -0.15) is 0 Å². The summed E-state index contributed by atoms with van der Waals surface area (Å²) in [5.41, 5.74) is 0.951. The van der Waals surface area contributed by atoms with Crippen molar-refractivity contribution < 1.29 is 43.6 Å². The first-order valence-electron chi connectivity index (χ1n) is 16.1. The third-order valence-electron chi connectivity index (χ3n) is 9.71. The normalized spacial score (nSPS) is 26.3. The lowest BCUT2D eigenvalue weighted by Crippen LogP contribution is -2.63. The molecular formula is C33H35N5O11S. The number of nitro groups is 2. The average Bonchev–Trinajstić information content (AvgIpc) is 3.77. The summed E-state index contributed by atoms with van der Waals surface area (Å²) in [6.07, 6.45) is -0.859. The number of β-lactam (4-membered cyclic amide) rings is 1. The third kappa shape index (κ3) is 6.74. The van der Waals surface area contributed by atoms with E-state index in [9.17, 15) is 44.5 Å². The van der Waals surface area contributed by atoms with Crippen molar-refractivity contribution in [3.05, 3.63) is 90.5 Å². The van der Waals surface area contributed by atoms with Crippen LogP contribution in [0.3, 0.4) is 0 Å². The topological polar surface area (TPSA) is 212 Å². The van der Waals surface area contributed by atoms with Crippen molar-refractivity contribution in [2.45, 2.75) is 63.3 Å². The van der Waals surface area contributed by atoms with Gasteiger partial charge in [-0.05, 0) is 48.7 Å². The van der Waals surface area contributed by atoms with Crippen LogP contribution >= 0.6 is 11.8 Å². The molecule has 264 valence electrons. The fraction of sp³-hybridized carbons (Fsp3) is 0.455. The lowest BCUT2D eigenvalue weighted by atomic mass is 9.79. The maximum absolute atomic E-state index is 13.7. The number of fused-ring (bicyclic) bond motifs is 1. The van der Waals surface area contributed by atoms with Crippen LogP contribution in [-0.4, -0.2) is 85.2 Å². The molecule has 50 heavy (non-hydrogen) atoms. The summed E-state index contributed by atoms with van der Waals surface area (Å²) in [6.45, 7) is 3.70. The molecule has 16 nitrogen and oxygen atoms in total. The van der Waals surface area contributed by atoms with E-state index < -0.39 is 45.9 Å². The first kappa shape index (κ1) is 34.8. The summed E-state index contributed by atoms with van der Waals surface area (Å²) >= 11 is 1.36. The lowest BCUT2D eigenvalue weighted by molar-refractivity contribution is -0.385. The number of nitrogens with zero attached hydrogens (tertiary/aromatic N) is 4. The van der Waals surface area contributed by atoms with Crippen LogP contribution in [0.15, 0.2) is 59.1 Å². The number of rotatable bonds is 11. The number of hydrogen-bond acceptors (Lipinski definition) is 12. The van der Waals surface area contributed by atoms with Gasteiger partial charge in [0.2, 0.25) is 11.8 Å². The highest BCUT2D eigenvalue weighted by Crippen LogP contribution is 2.53. The quantitative estimate of drug-likeness (QED) is 0.149. The number of nitro benzene ring substituents is 2. The second-order valence-electron chi connectivity index (χ2n) is 12.9. The molecule has 2 aromatic carbocycles. The summed E-state index contributed by atoms with van der Waals surface area (Å²) in [6, 6.07) is 10.4. The molecule has 4 aliphatic rings. The van der Waals surface area contributed by atoms with E-state index in [-0.39, 0.29) is 72.3 Å². The van der Waals surface area contributed by atoms with E-state index in [0.29, 0.717) is 29.0 Å². The molecule has 7 atom stereocenters. The molecule has 2 N–H and O–H groups in total. The fourth-order valence-corrected chi connectivity index (χ4v) is 8.72. The molecule has 3 amide bonds. The number of hydrogen-bond donors (Lipinski definition) is 2. The summed E-state index contributed by atoms with van der Waals surface area (Å²) in [4.78, 5) is 77.1. The van der Waals surface area contributed by atoms with E-state index in [4.69, 9.17) is 9.47 Å². The number of nitrogens with one attached hydrogen (secondary N) is 1. The molecule has 0 aliphatic carbocycles. The second-order valence-corrected chi connectivity index (χ2v) is 14.3. The number of non-ortho nitro benzene ring substituents is 2. The van der Waals surface area contributed by atoms with Gasteiger partial charge < -0.3 is 29.7 Å². The SMILES string of the molecule is C[C@@H](O)[C@H]1C(=O)N2C(C(=O)OCc3ccc([N+](=O)[O-])cc3)=C(S[C@H]3C[C@@H]([C@@H]4CNC(=O)C4)N(C(=O)OCc4ccc([N+](=O)[O-])cc4)C3)[C@H](C)[C@H]12. The van der Waals surface area contributed by atoms with Crippen molar-refractivity contribution in [1.29, 1.82) is 0 Å². The molecule has 6 rings (SSSR count). The van der Waals surface area contributed by atoms with Gasteiger partial charge >= 0.3 is 12.1 Å². The van der Waals surface area contributed by atoms with Gasteiger partial charge in [0.25, 0.3) is 11.4 Å². The Balaban J connectivity index is 1.21. The van der Waals surface area contributed by atoms with Gasteiger partial charge in [-0.1, -0.05) is 6.92 Å². The minimum atomic E-state index is -0.947. The number of amides is 3. The van der Waals surface area contributed by atoms with E-state index in [1.807, 2.05) is 6.92 Å². The Hall–Kier alpha value is -5.03. The third-order valence-corrected chi connectivity index (χ3v) is 11.2. The number of carbonyl (C=O) groups is 4. The summed E-state index contributed by atoms with van der Waals surface area (Å²) in [5.74, 6) is -2.50. The fourth-order valence-electron chi connectivity index (χ4n) is 7.19. The van der Waals surface area contributed by atoms with Gasteiger partial charge in [-0.25, -0.2) is 9.59 Å². The summed E-state index contributed by atoms with van der Waals surface area (Å²) in [7, 11) is 0. The van der Waals surface area contributed by atoms with Gasteiger partial charge in [-0.15, -0.1) is 11.8 Å². The molecule has 0 radical (unpaired) electrons. The van der Waals surface area contributed by atoms with Crippen LogP contribution in [0.5, 0.6) is 0 Å². The maximum Gasteiger partial charge on any atom is 0.410 e. The molecule has 17 heteroatoms. The second kappa shape index (κ2) is 14.1. The summed E-state index contributed by atoms with van der Waals surface area (Å²) < 4.78 is 11.2. The van der Waals surface area contributed by atoms with Crippen LogP contribution < -0.4 is 5.32 Å². The molecule has 3 fully saturated rings. The first-order chi connectivity index (χ1) is 23.8. The Morgan fingerprint density at radius 1 is 1.00 bits per heavy atom. The maximum atomic E-state index is 13.7. The molecule has 0 saturated carbocycles. The van der Waals surface area contributed by atoms with Gasteiger partial charge in [0, 0.05) is 71.8 Å². The zero-order valence-corrected chi connectivity index (χ0v) is 27.9. The van der Waals surface area contributed by atoms with Gasteiger partial charge in [0.15, 0.2) is 0 Å². The molecule has 0 aromatic heterocycles. The Morgan fingerprint density at radius 2 is 1.58 bits per heavy atom. The minimum Gasteiger partial charge on any atom is -0.456 e. The van der Waals surface area contributed by atoms with Crippen LogP contribution in [0.25, 0.3) is 0 Å². The molecule has 3 saturated heterocycles. The van der Waals surface area contributed by atoms with Crippen molar-refractivity contribution in [3.63, 3.8) is 0 Å². The number of aliphatic hydroxyl groups excluding tert-OH is 1. The van der Waals surface area contributed by atoms with Gasteiger partial charge in [0.05, 0.1) is 27.9 Å². The van der Waals surface area contributed by atoms with Crippen molar-refractivity contribution in [3.8, 4) is 0 Å². The van der Waals surface area contributed by atoms with E-state index >= 15 is 0 Å². The molecule has 2 aromatic rings. The predicted octanol–water partition coefficient (Wildman–Crippen LogP) is 3.26. The number of carbonyl (C=O) groups excluding carboxylic acids is 4. The Labute approximate surface area is 290 Å². The highest BCUT2D eigenvalue weighted by atomic mass is 32.2. The molecule has 4 aliphatic heterocycles. The predicted molar refractivity (Wildman–Crippen MR) is 176 cm³/mol. The van der Waals surface area contributed by atoms with E-state index in [1.165, 1.54) is 72.1 Å². The summed E-state index contributed by atoms with van der Waals surface area (Å²) in [5, 5.41) is 35.0. The number of benzene rings is 2. The molecule has 4 heterocycles. The largest absolute Gasteiger partial charge is 0.456 e. The van der Waals surface area contributed by atoms with Crippen molar-refractivity contribution >= 4 is 47.0 Å². The van der Waals surface area contributed by atoms with Gasteiger partial charge in [-0.3, -0.25) is 29.8 Å². The lowest BCUT2D eigenvalue weighted by Gasteiger charge is -2.46. The Morgan fingerprint density at radius 3 is 2.10 bits per heavy atom. The Bertz CT molecular complexity index is 1750. The van der Waals surface area contributed by atoms with Crippen LogP contribution in [0.2, 0.25) is 0 Å². The Kier molecular flexibility index (Phi) is 9.80. The smallest absolute Gasteiger partial charge is 0.410 e. The number of esters is 1. The van der Waals surface area contributed by atoms with Gasteiger partial charge in [0.1, 0.15) is 18.9 Å². The highest BCUT2D eigenvalue weighted by molar-refractivity contribution is 8.03. The van der Waals surface area contributed by atoms with Crippen molar-refractivity contribution in [2.75, 3.05) is 13.1 Å². The first-order valence-corrected chi connectivity index (χ1v) is 17.0. The number of thioether (sulfide) groups is 1. The van der Waals surface area contributed by atoms with Crippen molar-refractivity contribution in [1.82, 2.24) is 15.1 Å². The number of likely N-dealkylation sites (tertiary alicyclic amines) is 1. The van der Waals surface area contributed by atoms with Crippen LogP contribution in [0.4, 0.5) is 16.2 Å². The zero-order valence-electron chi connectivity index (χ0n) is 27.1. The molecular weight excluding hydrogens is 674 g/mol. The van der Waals surface area contributed by atoms with Crippen LogP contribution in [0.1, 0.15) is 37.8 Å². The standard InChI is InChI=1S/C33H35N5O11S/c1-17-28-27(18(2)39)31(41)36(28)29(32(42)48-15-19-3-7-22(8-4-19)37(44)45)30(17)50-24-12-25(21-11-26(40)34-13-21)35(14-24)33(43)49-16-20-5-9-23(10-6-20)38(46)47/h3-10,17-18,21,24-25,27-28,39H,11-16H2,1-2H3,(H,34,40)/t17-,18-,21+,24+,25+,27-,28-/m1/s1. The van der Waals surface area contributed by atoms with Crippen molar-refractivity contribution in [2.24, 2.45) is 17.8 Å². The molecule has 0 unspecified atom stereocenters. The van der Waals surface area contributed by atoms with Crippen LogP contribution in [0, 0.1) is 38.0 Å². The molecule has 0 bridgehead atoms. The highest BCUT2D eigenvalue weighted by Gasteiger charge is 2.60. The monoisotopic (exact) mass is 709 g/mol. The average molecular weight is 710 g/mol. The number of ether oxygens (including phenoxy) is 2. The van der Waals surface area contributed by atoms with E-state index in [1.54, 1.807) is 4.90 Å². The van der Waals surface area contributed by atoms with E-state index in [2.05, 4.69) is 5.32 Å². The zero-order chi connectivity index (χ0) is 35.9. The minimum absolute atomic E-state index is 0.0739. The molecule has 0 spiro atoms. The number of aliphatic hydroxyl groups is 1. The van der Waals surface area contributed by atoms with Crippen LogP contribution in [-0.2, 0) is 37.1 Å². The van der Waals surface area contributed by atoms with E-state index in [0.717, 1.165) is 0 Å².